The number of benzene rings is 2. The second-order valence-electron chi connectivity index (χ2n) is 13.0. The van der Waals surface area contributed by atoms with E-state index >= 15 is 0 Å². The molecule has 11 heteroatoms. The number of hydrogen-bond acceptors (Lipinski definition) is 8. The number of rotatable bonds is 9. The molecule has 6 rings (SSSR count). The number of anilines is 1. The molecule has 2 unspecified atom stereocenters. The number of nitrogens with one attached hydrogen (secondary N) is 2. The van der Waals surface area contributed by atoms with Crippen molar-refractivity contribution in [1.82, 2.24) is 24.7 Å². The smallest absolute Gasteiger partial charge is 0.264 e. The van der Waals surface area contributed by atoms with Crippen molar-refractivity contribution in [2.24, 2.45) is 0 Å². The Kier molecular flexibility index (Phi) is 9.61. The molecular formula is C35H43ClN6O4. The lowest BCUT2D eigenvalue weighted by atomic mass is 9.79. The number of halogens is 1. The van der Waals surface area contributed by atoms with Gasteiger partial charge >= 0.3 is 0 Å². The topological polar surface area (TPSA) is 109 Å². The van der Waals surface area contributed by atoms with Gasteiger partial charge < -0.3 is 10.1 Å². The number of carbonyl (C=O) groups is 2. The van der Waals surface area contributed by atoms with Gasteiger partial charge in [0.2, 0.25) is 11.8 Å². The third-order valence-corrected chi connectivity index (χ3v) is 10.1. The zero-order valence-corrected chi connectivity index (χ0v) is 27.7. The number of amides is 2. The van der Waals surface area contributed by atoms with Crippen molar-refractivity contribution in [2.75, 3.05) is 58.2 Å². The van der Waals surface area contributed by atoms with Crippen LogP contribution in [0.5, 0.6) is 0 Å². The maximum absolute atomic E-state index is 13.7. The van der Waals surface area contributed by atoms with Crippen LogP contribution in [0.25, 0.3) is 16.5 Å². The van der Waals surface area contributed by atoms with Crippen LogP contribution in [0, 0.1) is 6.92 Å². The van der Waals surface area contributed by atoms with Crippen LogP contribution in [0.15, 0.2) is 52.8 Å². The molecule has 0 spiro atoms. The molecule has 46 heavy (non-hydrogen) atoms. The molecule has 2 aromatic carbocycles. The minimum Gasteiger partial charge on any atom is -0.383 e. The number of nitrogens with zero attached hydrogens (tertiary/aromatic N) is 4. The summed E-state index contributed by atoms with van der Waals surface area (Å²) in [6.07, 6.45) is 3.40. The van der Waals surface area contributed by atoms with E-state index < -0.39 is 11.9 Å². The molecule has 3 aliphatic rings. The molecule has 0 saturated carbocycles. The van der Waals surface area contributed by atoms with Crippen LogP contribution in [-0.2, 0) is 14.3 Å². The number of carbonyl (C=O) groups excluding carboxylic acids is 2. The highest BCUT2D eigenvalue weighted by Gasteiger charge is 2.33. The van der Waals surface area contributed by atoms with E-state index in [2.05, 4.69) is 44.5 Å². The molecular weight excluding hydrogens is 604 g/mol. The first-order valence-electron chi connectivity index (χ1n) is 16.2. The molecule has 3 heterocycles. The average Bonchev–Trinajstić information content (AvgIpc) is 3.03. The number of fused-ring (bicyclic) bond motifs is 1. The van der Waals surface area contributed by atoms with Gasteiger partial charge in [0.25, 0.3) is 5.56 Å². The van der Waals surface area contributed by atoms with Gasteiger partial charge in [0, 0.05) is 70.1 Å². The number of imide groups is 1. The van der Waals surface area contributed by atoms with E-state index in [4.69, 9.17) is 16.3 Å². The third kappa shape index (κ3) is 6.90. The molecule has 2 saturated heterocycles. The van der Waals surface area contributed by atoms with Crippen molar-refractivity contribution in [3.8, 4) is 0 Å². The fourth-order valence-electron chi connectivity index (χ4n) is 7.12. The summed E-state index contributed by atoms with van der Waals surface area (Å²) in [5, 5.41) is 7.04. The second kappa shape index (κ2) is 13.7. The molecule has 2 atom stereocenters. The number of aryl methyl sites for hydroxylation is 1. The molecule has 10 nitrogen and oxygen atoms in total. The van der Waals surface area contributed by atoms with Gasteiger partial charge in [-0.15, -0.1) is 0 Å². The quantitative estimate of drug-likeness (QED) is 0.329. The van der Waals surface area contributed by atoms with Gasteiger partial charge in [-0.05, 0) is 80.5 Å². The first-order chi connectivity index (χ1) is 22.1. The molecule has 0 radical (unpaired) electrons. The lowest BCUT2D eigenvalue weighted by molar-refractivity contribution is -0.135. The van der Waals surface area contributed by atoms with E-state index in [-0.39, 0.29) is 29.9 Å². The van der Waals surface area contributed by atoms with Crippen molar-refractivity contribution >= 4 is 45.6 Å². The van der Waals surface area contributed by atoms with E-state index in [1.165, 1.54) is 21.3 Å². The fourth-order valence-corrected chi connectivity index (χ4v) is 7.25. The SMILES string of the molecule is COC1(C)CCC(c2ccc(Cl)cc2)=C(CN2CCN(CCNc3cccc4nc(C)n(C5CCC(=O)NC5=O)c(=O)c34)CC2)C1. The zero-order chi connectivity index (χ0) is 32.4. The summed E-state index contributed by atoms with van der Waals surface area (Å²) in [7, 11) is 1.82. The maximum Gasteiger partial charge on any atom is 0.264 e. The van der Waals surface area contributed by atoms with Crippen LogP contribution < -0.4 is 16.2 Å². The Labute approximate surface area is 274 Å². The van der Waals surface area contributed by atoms with Crippen LogP contribution in [-0.4, -0.2) is 89.7 Å². The lowest BCUT2D eigenvalue weighted by Crippen LogP contribution is -2.48. The van der Waals surface area contributed by atoms with Crippen LogP contribution in [0.4, 0.5) is 5.69 Å². The normalized spacial score (nSPS) is 23.2. The molecule has 1 aromatic heterocycles. The number of hydrogen-bond donors (Lipinski definition) is 2. The molecule has 3 aromatic rings. The van der Waals surface area contributed by atoms with E-state index in [0.717, 1.165) is 63.6 Å². The van der Waals surface area contributed by atoms with E-state index in [0.29, 0.717) is 29.0 Å². The monoisotopic (exact) mass is 646 g/mol. The van der Waals surface area contributed by atoms with Crippen molar-refractivity contribution in [1.29, 1.82) is 0 Å². The van der Waals surface area contributed by atoms with Gasteiger partial charge in [-0.25, -0.2) is 4.98 Å². The van der Waals surface area contributed by atoms with Crippen LogP contribution in [0.3, 0.4) is 0 Å². The van der Waals surface area contributed by atoms with Crippen LogP contribution in [0.2, 0.25) is 5.02 Å². The molecule has 2 fully saturated rings. The number of piperidine rings is 1. The summed E-state index contributed by atoms with van der Waals surface area (Å²) in [4.78, 5) is 47.7. The predicted octanol–water partition coefficient (Wildman–Crippen LogP) is 4.41. The highest BCUT2D eigenvalue weighted by atomic mass is 35.5. The Morgan fingerprint density at radius 1 is 1.04 bits per heavy atom. The molecule has 0 bridgehead atoms. The Morgan fingerprint density at radius 2 is 1.78 bits per heavy atom. The summed E-state index contributed by atoms with van der Waals surface area (Å²) >= 11 is 6.18. The molecule has 1 aliphatic carbocycles. The number of piperazine rings is 1. The van der Waals surface area contributed by atoms with Crippen molar-refractivity contribution in [3.05, 3.63) is 74.8 Å². The number of ether oxygens (including phenoxy) is 1. The summed E-state index contributed by atoms with van der Waals surface area (Å²) in [6.45, 7) is 10.3. The van der Waals surface area contributed by atoms with E-state index in [1.807, 2.05) is 37.4 Å². The Balaban J connectivity index is 1.09. The third-order valence-electron chi connectivity index (χ3n) is 9.85. The minimum atomic E-state index is -0.749. The standard InChI is InChI=1S/C35H43ClN6O4/c1-23-38-29-6-4-5-28(32(29)34(45)42(23)30-11-12-31(43)39-33(30)44)37-15-16-40-17-19-41(20-18-40)22-25-21-35(2,46-3)14-13-27(25)24-7-9-26(36)10-8-24/h4-10,30,37H,11-22H2,1-3H3,(H,39,43,44). The molecule has 2 N–H and O–H groups in total. The van der Waals surface area contributed by atoms with Crippen LogP contribution >= 0.6 is 11.6 Å². The molecule has 244 valence electrons. The fraction of sp³-hybridized carbons (Fsp3) is 0.486. The summed E-state index contributed by atoms with van der Waals surface area (Å²) < 4.78 is 7.38. The lowest BCUT2D eigenvalue weighted by Gasteiger charge is -2.39. The maximum atomic E-state index is 13.7. The first kappa shape index (κ1) is 32.4. The highest BCUT2D eigenvalue weighted by molar-refractivity contribution is 6.30. The van der Waals surface area contributed by atoms with Gasteiger partial charge in [0.1, 0.15) is 11.9 Å². The molecule has 2 aliphatic heterocycles. The second-order valence-corrected chi connectivity index (χ2v) is 13.4. The van der Waals surface area contributed by atoms with Gasteiger partial charge in [-0.2, -0.15) is 0 Å². The Bertz CT molecular complexity index is 1710. The zero-order valence-electron chi connectivity index (χ0n) is 26.9. The number of aromatic nitrogens is 2. The number of allylic oxidation sites excluding steroid dienone is 1. The summed E-state index contributed by atoms with van der Waals surface area (Å²) in [6, 6.07) is 13.1. The van der Waals surface area contributed by atoms with Crippen LogP contribution in [0.1, 0.15) is 56.5 Å². The van der Waals surface area contributed by atoms with Crippen molar-refractivity contribution in [3.63, 3.8) is 0 Å². The number of methoxy groups -OCH3 is 1. The van der Waals surface area contributed by atoms with Gasteiger partial charge in [-0.3, -0.25) is 34.1 Å². The van der Waals surface area contributed by atoms with Gasteiger partial charge in [0.05, 0.1) is 16.5 Å². The van der Waals surface area contributed by atoms with E-state index in [1.54, 1.807) is 6.92 Å². The molecule has 2 amide bonds. The Morgan fingerprint density at radius 3 is 2.50 bits per heavy atom. The largest absolute Gasteiger partial charge is 0.383 e. The predicted molar refractivity (Wildman–Crippen MR) is 181 cm³/mol. The average molecular weight is 647 g/mol. The van der Waals surface area contributed by atoms with Gasteiger partial charge in [-0.1, -0.05) is 29.8 Å². The van der Waals surface area contributed by atoms with Gasteiger partial charge in [0.15, 0.2) is 0 Å². The summed E-state index contributed by atoms with van der Waals surface area (Å²) in [5.41, 5.74) is 5.02. The minimum absolute atomic E-state index is 0.139. The van der Waals surface area contributed by atoms with E-state index in [9.17, 15) is 14.4 Å². The summed E-state index contributed by atoms with van der Waals surface area (Å²) in [5.74, 6) is -0.314. The Hall–Kier alpha value is -3.57. The first-order valence-corrected chi connectivity index (χ1v) is 16.6. The van der Waals surface area contributed by atoms with Crippen molar-refractivity contribution < 1.29 is 14.3 Å². The highest BCUT2D eigenvalue weighted by Crippen LogP contribution is 2.40. The van der Waals surface area contributed by atoms with Crippen molar-refractivity contribution in [2.45, 2.75) is 57.6 Å².